The van der Waals surface area contributed by atoms with Crippen molar-refractivity contribution in [3.8, 4) is 5.75 Å². The Hall–Kier alpha value is -2.63. The minimum Gasteiger partial charge on any atom is -0.494 e. The van der Waals surface area contributed by atoms with Gasteiger partial charge in [-0.1, -0.05) is 0 Å². The van der Waals surface area contributed by atoms with Crippen LogP contribution in [0.1, 0.15) is 10.4 Å². The van der Waals surface area contributed by atoms with Gasteiger partial charge in [0.25, 0.3) is 5.91 Å². The molecule has 0 atom stereocenters. The van der Waals surface area contributed by atoms with E-state index < -0.39 is 11.7 Å². The van der Waals surface area contributed by atoms with Crippen molar-refractivity contribution in [2.45, 2.75) is 0 Å². The summed E-state index contributed by atoms with van der Waals surface area (Å²) in [7, 11) is 1.36. The highest BCUT2D eigenvalue weighted by Crippen LogP contribution is 2.20. The third-order valence-electron chi connectivity index (χ3n) is 2.51. The molecule has 2 aromatic rings. The predicted octanol–water partition coefficient (Wildman–Crippen LogP) is 2.06. The third-order valence-corrected chi connectivity index (χ3v) is 2.51. The zero-order chi connectivity index (χ0) is 13.8. The maximum atomic E-state index is 13.5. The Morgan fingerprint density at radius 1 is 1.42 bits per heavy atom. The van der Waals surface area contributed by atoms with Gasteiger partial charge in [0.1, 0.15) is 0 Å². The fourth-order valence-electron chi connectivity index (χ4n) is 1.52. The molecule has 0 unspecified atom stereocenters. The smallest absolute Gasteiger partial charge is 0.255 e. The van der Waals surface area contributed by atoms with E-state index in [-0.39, 0.29) is 11.3 Å². The minimum absolute atomic E-state index is 0.0833. The Balaban J connectivity index is 2.21. The number of carbonyl (C=O) groups is 1. The van der Waals surface area contributed by atoms with E-state index in [1.54, 1.807) is 6.07 Å². The monoisotopic (exact) mass is 261 g/mol. The molecule has 0 aliphatic rings. The quantitative estimate of drug-likeness (QED) is 0.886. The Morgan fingerprint density at radius 2 is 2.21 bits per heavy atom. The first kappa shape index (κ1) is 12.8. The molecular formula is C13H12FN3O2. The number of nitrogens with one attached hydrogen (secondary N) is 1. The molecule has 0 spiro atoms. The number of hydrogen-bond acceptors (Lipinski definition) is 4. The Kier molecular flexibility index (Phi) is 3.61. The molecule has 5 nitrogen and oxygen atoms in total. The molecule has 1 amide bonds. The number of anilines is 2. The van der Waals surface area contributed by atoms with Gasteiger partial charge in [0, 0.05) is 11.8 Å². The lowest BCUT2D eigenvalue weighted by Crippen LogP contribution is -2.13. The lowest BCUT2D eigenvalue weighted by Gasteiger charge is -2.08. The molecule has 3 N–H and O–H groups in total. The average Bonchev–Trinajstić information content (AvgIpc) is 2.41. The van der Waals surface area contributed by atoms with E-state index >= 15 is 0 Å². The molecule has 1 aromatic heterocycles. The van der Waals surface area contributed by atoms with Gasteiger partial charge in [0.05, 0.1) is 24.7 Å². The van der Waals surface area contributed by atoms with Crippen molar-refractivity contribution >= 4 is 17.3 Å². The number of benzene rings is 1. The second-order valence-corrected chi connectivity index (χ2v) is 3.77. The van der Waals surface area contributed by atoms with Crippen molar-refractivity contribution in [2.75, 3.05) is 18.2 Å². The number of aromatic nitrogens is 1. The van der Waals surface area contributed by atoms with Crippen LogP contribution in [0.5, 0.6) is 5.75 Å². The minimum atomic E-state index is -0.599. The van der Waals surface area contributed by atoms with Crippen LogP contribution < -0.4 is 15.8 Å². The van der Waals surface area contributed by atoms with Crippen LogP contribution in [-0.2, 0) is 0 Å². The van der Waals surface area contributed by atoms with Gasteiger partial charge < -0.3 is 15.8 Å². The van der Waals surface area contributed by atoms with Crippen LogP contribution in [0.2, 0.25) is 0 Å². The topological polar surface area (TPSA) is 77.2 Å². The van der Waals surface area contributed by atoms with Gasteiger partial charge in [-0.15, -0.1) is 0 Å². The standard InChI is InChI=1S/C13H12FN3O2/c1-19-12-3-2-8(6-9(12)14)13(18)17-11-4-5-16-7-10(11)15/h2-7H,15H2,1H3,(H,16,17,18). The molecule has 1 heterocycles. The lowest BCUT2D eigenvalue weighted by atomic mass is 10.2. The third kappa shape index (κ3) is 2.79. The molecule has 19 heavy (non-hydrogen) atoms. The van der Waals surface area contributed by atoms with Crippen molar-refractivity contribution in [2.24, 2.45) is 0 Å². The fourth-order valence-corrected chi connectivity index (χ4v) is 1.52. The zero-order valence-corrected chi connectivity index (χ0v) is 10.2. The lowest BCUT2D eigenvalue weighted by molar-refractivity contribution is 0.102. The SMILES string of the molecule is COc1ccc(C(=O)Nc2ccncc2N)cc1F. The number of pyridine rings is 1. The summed E-state index contributed by atoms with van der Waals surface area (Å²) in [6, 6.07) is 5.52. The average molecular weight is 261 g/mol. The summed E-state index contributed by atoms with van der Waals surface area (Å²) in [6.45, 7) is 0. The van der Waals surface area contributed by atoms with E-state index in [1.807, 2.05) is 0 Å². The predicted molar refractivity (Wildman–Crippen MR) is 69.6 cm³/mol. The normalized spacial score (nSPS) is 10.0. The number of nitrogens with zero attached hydrogens (tertiary/aromatic N) is 1. The summed E-state index contributed by atoms with van der Waals surface area (Å²) < 4.78 is 18.3. The van der Waals surface area contributed by atoms with Crippen molar-refractivity contribution in [1.82, 2.24) is 4.98 Å². The Morgan fingerprint density at radius 3 is 2.84 bits per heavy atom. The highest BCUT2D eigenvalue weighted by molar-refractivity contribution is 6.05. The molecule has 0 aliphatic carbocycles. The van der Waals surface area contributed by atoms with Gasteiger partial charge in [-0.25, -0.2) is 4.39 Å². The summed E-state index contributed by atoms with van der Waals surface area (Å²) >= 11 is 0. The molecule has 1 aromatic carbocycles. The second kappa shape index (κ2) is 5.34. The van der Waals surface area contributed by atoms with E-state index in [1.165, 1.54) is 31.6 Å². The van der Waals surface area contributed by atoms with Crippen molar-refractivity contribution in [3.05, 3.63) is 48.0 Å². The summed E-state index contributed by atoms with van der Waals surface area (Å²) in [5, 5.41) is 2.58. The van der Waals surface area contributed by atoms with E-state index in [2.05, 4.69) is 10.3 Å². The number of rotatable bonds is 3. The van der Waals surface area contributed by atoms with Crippen LogP contribution in [0.25, 0.3) is 0 Å². The molecule has 98 valence electrons. The number of carbonyl (C=O) groups excluding carboxylic acids is 1. The van der Waals surface area contributed by atoms with Gasteiger partial charge in [0.15, 0.2) is 11.6 Å². The van der Waals surface area contributed by atoms with Gasteiger partial charge in [-0.05, 0) is 24.3 Å². The van der Waals surface area contributed by atoms with E-state index in [0.29, 0.717) is 11.4 Å². The van der Waals surface area contributed by atoms with Gasteiger partial charge in [-0.2, -0.15) is 0 Å². The first-order valence-corrected chi connectivity index (χ1v) is 5.46. The molecule has 0 fully saturated rings. The van der Waals surface area contributed by atoms with Crippen LogP contribution >= 0.6 is 0 Å². The van der Waals surface area contributed by atoms with Gasteiger partial charge >= 0.3 is 0 Å². The summed E-state index contributed by atoms with van der Waals surface area (Å²) in [5.41, 5.74) is 6.59. The summed E-state index contributed by atoms with van der Waals surface area (Å²) in [4.78, 5) is 15.7. The van der Waals surface area contributed by atoms with Crippen LogP contribution in [0, 0.1) is 5.82 Å². The van der Waals surface area contributed by atoms with E-state index in [0.717, 1.165) is 6.07 Å². The molecule has 0 saturated heterocycles. The number of nitrogen functional groups attached to an aromatic ring is 1. The molecule has 0 aliphatic heterocycles. The zero-order valence-electron chi connectivity index (χ0n) is 10.2. The van der Waals surface area contributed by atoms with Crippen molar-refractivity contribution in [1.29, 1.82) is 0 Å². The van der Waals surface area contributed by atoms with Gasteiger partial charge in [0.2, 0.25) is 0 Å². The number of methoxy groups -OCH3 is 1. The fraction of sp³-hybridized carbons (Fsp3) is 0.0769. The molecule has 2 rings (SSSR count). The van der Waals surface area contributed by atoms with Crippen LogP contribution in [-0.4, -0.2) is 18.0 Å². The molecule has 0 bridgehead atoms. The second-order valence-electron chi connectivity index (χ2n) is 3.77. The number of hydrogen-bond donors (Lipinski definition) is 2. The van der Waals surface area contributed by atoms with E-state index in [9.17, 15) is 9.18 Å². The van der Waals surface area contributed by atoms with Crippen LogP contribution in [0.3, 0.4) is 0 Å². The summed E-state index contributed by atoms with van der Waals surface area (Å²) in [6.07, 6.45) is 2.92. The maximum absolute atomic E-state index is 13.5. The largest absolute Gasteiger partial charge is 0.494 e. The summed E-state index contributed by atoms with van der Waals surface area (Å²) in [5.74, 6) is -0.975. The number of nitrogens with two attached hydrogens (primary N) is 1. The highest BCUT2D eigenvalue weighted by Gasteiger charge is 2.11. The Labute approximate surface area is 109 Å². The molecule has 6 heteroatoms. The molecule has 0 saturated carbocycles. The highest BCUT2D eigenvalue weighted by atomic mass is 19.1. The Bertz CT molecular complexity index is 617. The molecule has 0 radical (unpaired) electrons. The number of amides is 1. The van der Waals surface area contributed by atoms with Crippen LogP contribution in [0.4, 0.5) is 15.8 Å². The molecular weight excluding hydrogens is 249 g/mol. The van der Waals surface area contributed by atoms with Crippen molar-refractivity contribution in [3.63, 3.8) is 0 Å². The van der Waals surface area contributed by atoms with Crippen molar-refractivity contribution < 1.29 is 13.9 Å². The van der Waals surface area contributed by atoms with Crippen LogP contribution in [0.15, 0.2) is 36.7 Å². The van der Waals surface area contributed by atoms with E-state index in [4.69, 9.17) is 10.5 Å². The number of ether oxygens (including phenoxy) is 1. The first-order valence-electron chi connectivity index (χ1n) is 5.46. The van der Waals surface area contributed by atoms with Gasteiger partial charge in [-0.3, -0.25) is 9.78 Å². The maximum Gasteiger partial charge on any atom is 0.255 e. The first-order chi connectivity index (χ1) is 9.11. The number of halogens is 1.